The van der Waals surface area contributed by atoms with Crippen molar-refractivity contribution in [3.05, 3.63) is 92.0 Å². The lowest BCUT2D eigenvalue weighted by atomic mass is 9.92. The number of hydrogen-bond donors (Lipinski definition) is 4. The largest absolute Gasteiger partial charge is 0.481 e. The maximum absolute atomic E-state index is 13.4. The van der Waals surface area contributed by atoms with Crippen molar-refractivity contribution >= 4 is 35.1 Å². The van der Waals surface area contributed by atoms with E-state index in [1.165, 1.54) is 14.2 Å². The minimum absolute atomic E-state index is 0.0801. The number of carboxylic acids is 2. The van der Waals surface area contributed by atoms with Crippen molar-refractivity contribution in [3.8, 4) is 34.6 Å². The number of hydrogen-bond acceptors (Lipinski definition) is 10. The molecule has 2 aromatic carbocycles. The molecule has 2 heterocycles. The van der Waals surface area contributed by atoms with Crippen LogP contribution in [0.15, 0.2) is 48.5 Å². The van der Waals surface area contributed by atoms with E-state index >= 15 is 0 Å². The second-order valence-corrected chi connectivity index (χ2v) is 12.3. The first-order chi connectivity index (χ1) is 24.8. The zero-order chi connectivity index (χ0) is 37.9. The molecule has 0 aliphatic rings. The number of nitrogens with one attached hydrogen (secondary N) is 2. The van der Waals surface area contributed by atoms with E-state index in [0.29, 0.717) is 11.1 Å². The van der Waals surface area contributed by atoms with Gasteiger partial charge in [0.1, 0.15) is 23.3 Å². The van der Waals surface area contributed by atoms with Crippen LogP contribution in [0.25, 0.3) is 11.1 Å². The van der Waals surface area contributed by atoms with E-state index in [4.69, 9.17) is 52.4 Å². The Balaban J connectivity index is 1.46. The summed E-state index contributed by atoms with van der Waals surface area (Å²) in [6, 6.07) is 14.9. The SMILES string of the molecule is COc1nc(OCc2cccc(-c3cccc(COc4nc(OC)c(CNC[C@@H](F)C(=O)O)cc4Cl)c3C)c2C)c(Cl)cc1CNC[C@@H](F)C(=O)O. The van der Waals surface area contributed by atoms with Gasteiger partial charge < -0.3 is 39.8 Å². The molecule has 0 amide bonds. The molecular formula is C36H38Cl2F2N4O8. The van der Waals surface area contributed by atoms with Crippen molar-refractivity contribution in [2.75, 3.05) is 27.3 Å². The van der Waals surface area contributed by atoms with Gasteiger partial charge in [0.2, 0.25) is 35.9 Å². The molecule has 16 heteroatoms. The summed E-state index contributed by atoms with van der Waals surface area (Å²) in [5.41, 5.74) is 6.64. The first-order valence-corrected chi connectivity index (χ1v) is 16.6. The van der Waals surface area contributed by atoms with Crippen LogP contribution in [0.3, 0.4) is 0 Å². The Bertz CT molecular complexity index is 1770. The number of ether oxygens (including phenoxy) is 4. The standard InChI is InChI=1S/C36H38Cl2F2N4O8/c1-19-21(17-51-33-27(37)11-23(31(43-33)49-3)13-41-15-29(39)35(45)46)7-5-9-25(19)26-10-6-8-22(20(26)2)18-52-34-28(38)12-24(32(44-34)50-4)14-42-16-30(40)36(47)48/h5-12,29-30,41-42H,13-18H2,1-4H3,(H,45,46)(H,47,48)/t29-,30-/m1/s1. The van der Waals surface area contributed by atoms with E-state index in [9.17, 15) is 18.4 Å². The molecule has 0 saturated carbocycles. The number of methoxy groups -OCH3 is 2. The highest BCUT2D eigenvalue weighted by Gasteiger charge is 2.20. The normalized spacial score (nSPS) is 12.2. The van der Waals surface area contributed by atoms with E-state index in [1.807, 2.05) is 50.2 Å². The van der Waals surface area contributed by atoms with Gasteiger partial charge in [0.25, 0.3) is 0 Å². The highest BCUT2D eigenvalue weighted by Crippen LogP contribution is 2.34. The average molecular weight is 764 g/mol. The average Bonchev–Trinajstić information content (AvgIpc) is 3.11. The summed E-state index contributed by atoms with van der Waals surface area (Å²) in [4.78, 5) is 30.2. The number of rotatable bonds is 19. The first-order valence-electron chi connectivity index (χ1n) is 15.9. The maximum atomic E-state index is 13.4. The molecule has 12 nitrogen and oxygen atoms in total. The molecule has 2 aromatic heterocycles. The van der Waals surface area contributed by atoms with Crippen molar-refractivity contribution in [2.24, 2.45) is 0 Å². The molecule has 4 aromatic rings. The second kappa shape index (κ2) is 18.6. The fraction of sp³-hybridized carbons (Fsp3) is 0.333. The molecule has 0 radical (unpaired) electrons. The van der Waals surface area contributed by atoms with Gasteiger partial charge in [-0.2, -0.15) is 9.97 Å². The Morgan fingerprint density at radius 2 is 1.08 bits per heavy atom. The number of pyridine rings is 2. The molecule has 0 aliphatic carbocycles. The van der Waals surface area contributed by atoms with Gasteiger partial charge in [-0.25, -0.2) is 18.4 Å². The Morgan fingerprint density at radius 3 is 1.42 bits per heavy atom. The summed E-state index contributed by atoms with van der Waals surface area (Å²) in [6.07, 6.45) is -4.10. The number of nitrogens with zero attached hydrogens (tertiary/aromatic N) is 2. The van der Waals surface area contributed by atoms with Crippen molar-refractivity contribution in [2.45, 2.75) is 52.5 Å². The minimum atomic E-state index is -2.05. The molecule has 2 atom stereocenters. The molecular weight excluding hydrogens is 725 g/mol. The van der Waals surface area contributed by atoms with Gasteiger partial charge in [0.15, 0.2) is 0 Å². The third-order valence-electron chi connectivity index (χ3n) is 8.08. The Hall–Kier alpha value is -4.76. The van der Waals surface area contributed by atoms with E-state index in [1.54, 1.807) is 12.1 Å². The molecule has 4 N–H and O–H groups in total. The minimum Gasteiger partial charge on any atom is -0.481 e. The number of aromatic nitrogens is 2. The zero-order valence-electron chi connectivity index (χ0n) is 28.8. The van der Waals surface area contributed by atoms with Crippen molar-refractivity contribution in [3.63, 3.8) is 0 Å². The fourth-order valence-electron chi connectivity index (χ4n) is 5.19. The van der Waals surface area contributed by atoms with Crippen LogP contribution in [-0.4, -0.2) is 71.8 Å². The van der Waals surface area contributed by atoms with Gasteiger partial charge in [-0.1, -0.05) is 59.6 Å². The predicted octanol–water partition coefficient (Wildman–Crippen LogP) is 6.27. The number of carboxylic acid groups (broad SMARTS) is 2. The summed E-state index contributed by atoms with van der Waals surface area (Å²) in [5.74, 6) is -2.44. The summed E-state index contributed by atoms with van der Waals surface area (Å²) in [7, 11) is 2.84. The highest BCUT2D eigenvalue weighted by atomic mass is 35.5. The molecule has 0 fully saturated rings. The van der Waals surface area contributed by atoms with Gasteiger partial charge in [-0.05, 0) is 59.4 Å². The number of aliphatic carboxylic acids is 2. The van der Waals surface area contributed by atoms with Crippen LogP contribution in [-0.2, 0) is 35.9 Å². The van der Waals surface area contributed by atoms with Gasteiger partial charge >= 0.3 is 11.9 Å². The molecule has 0 unspecified atom stereocenters. The number of carbonyl (C=O) groups is 2. The van der Waals surface area contributed by atoms with Crippen molar-refractivity contribution in [1.82, 2.24) is 20.6 Å². The van der Waals surface area contributed by atoms with Gasteiger partial charge in [0, 0.05) is 37.3 Å². The number of benzene rings is 2. The van der Waals surface area contributed by atoms with Gasteiger partial charge in [0.05, 0.1) is 14.2 Å². The van der Waals surface area contributed by atoms with Crippen LogP contribution in [0, 0.1) is 13.8 Å². The zero-order valence-corrected chi connectivity index (χ0v) is 30.3. The quantitative estimate of drug-likeness (QED) is 0.0849. The van der Waals surface area contributed by atoms with E-state index in [2.05, 4.69) is 20.6 Å². The lowest BCUT2D eigenvalue weighted by molar-refractivity contribution is -0.143. The monoisotopic (exact) mass is 762 g/mol. The van der Waals surface area contributed by atoms with Crippen molar-refractivity contribution in [1.29, 1.82) is 0 Å². The topological polar surface area (TPSA) is 161 Å². The lowest BCUT2D eigenvalue weighted by Gasteiger charge is -2.18. The van der Waals surface area contributed by atoms with Gasteiger partial charge in [-0.3, -0.25) is 0 Å². The third kappa shape index (κ3) is 10.2. The van der Waals surface area contributed by atoms with Crippen LogP contribution in [0.2, 0.25) is 10.0 Å². The summed E-state index contributed by atoms with van der Waals surface area (Å²) in [6.45, 7) is 3.63. The summed E-state index contributed by atoms with van der Waals surface area (Å²) < 4.78 is 49.6. The molecule has 0 saturated heterocycles. The van der Waals surface area contributed by atoms with Gasteiger partial charge in [-0.15, -0.1) is 0 Å². The van der Waals surface area contributed by atoms with E-state index in [-0.39, 0.29) is 59.9 Å². The molecule has 52 heavy (non-hydrogen) atoms. The fourth-order valence-corrected chi connectivity index (χ4v) is 5.65. The summed E-state index contributed by atoms with van der Waals surface area (Å²) in [5, 5.41) is 23.3. The Morgan fingerprint density at radius 1 is 0.692 bits per heavy atom. The first kappa shape index (κ1) is 40.0. The van der Waals surface area contributed by atoms with Crippen molar-refractivity contribution < 1.29 is 47.5 Å². The molecule has 0 aliphatic heterocycles. The van der Waals surface area contributed by atoms with Crippen LogP contribution >= 0.6 is 23.2 Å². The Kier molecular flexibility index (Phi) is 14.4. The number of alkyl halides is 2. The van der Waals surface area contributed by atoms with Crippen LogP contribution in [0.5, 0.6) is 23.5 Å². The smallest absolute Gasteiger partial charge is 0.339 e. The molecule has 0 bridgehead atoms. The molecule has 0 spiro atoms. The van der Waals surface area contributed by atoms with Crippen LogP contribution in [0.1, 0.15) is 33.4 Å². The highest BCUT2D eigenvalue weighted by molar-refractivity contribution is 6.32. The van der Waals surface area contributed by atoms with Crippen LogP contribution in [0.4, 0.5) is 8.78 Å². The lowest BCUT2D eigenvalue weighted by Crippen LogP contribution is -2.29. The number of halogens is 4. The van der Waals surface area contributed by atoms with E-state index < -0.39 is 37.4 Å². The summed E-state index contributed by atoms with van der Waals surface area (Å²) >= 11 is 12.9. The molecule has 4 rings (SSSR count). The maximum Gasteiger partial charge on any atom is 0.339 e. The third-order valence-corrected chi connectivity index (χ3v) is 8.62. The Labute approximate surface area is 309 Å². The second-order valence-electron chi connectivity index (χ2n) is 11.5. The molecule has 278 valence electrons. The predicted molar refractivity (Wildman–Crippen MR) is 190 cm³/mol. The van der Waals surface area contributed by atoms with E-state index in [0.717, 1.165) is 33.4 Å². The van der Waals surface area contributed by atoms with Crippen LogP contribution < -0.4 is 29.6 Å².